The van der Waals surface area contributed by atoms with Crippen molar-refractivity contribution in [2.24, 2.45) is 17.6 Å². The van der Waals surface area contributed by atoms with E-state index in [4.69, 9.17) is 5.73 Å². The quantitative estimate of drug-likeness (QED) is 0.844. The molecule has 4 heteroatoms. The summed E-state index contributed by atoms with van der Waals surface area (Å²) in [6.45, 7) is 2.04. The minimum atomic E-state index is 0.296. The summed E-state index contributed by atoms with van der Waals surface area (Å²) in [6, 6.07) is 7.82. The molecule has 3 unspecified atom stereocenters. The van der Waals surface area contributed by atoms with Crippen molar-refractivity contribution in [3.63, 3.8) is 0 Å². The van der Waals surface area contributed by atoms with Gasteiger partial charge in [0.1, 0.15) is 11.6 Å². The highest BCUT2D eigenvalue weighted by atomic mass is 16.3. The minimum Gasteiger partial charge on any atom is -0.508 e. The molecule has 4 nitrogen and oxygen atoms in total. The molecule has 0 bridgehead atoms. The lowest BCUT2D eigenvalue weighted by atomic mass is 9.78. The van der Waals surface area contributed by atoms with Crippen molar-refractivity contribution in [1.82, 2.24) is 4.98 Å². The smallest absolute Gasteiger partial charge is 0.136 e. The molecule has 1 saturated carbocycles. The number of nitrogens with two attached hydrogens (primary N) is 1. The predicted molar refractivity (Wildman–Crippen MR) is 84.4 cm³/mol. The van der Waals surface area contributed by atoms with Crippen LogP contribution >= 0.6 is 0 Å². The molecule has 1 aliphatic heterocycles. The lowest BCUT2D eigenvalue weighted by Crippen LogP contribution is -2.38. The second kappa shape index (κ2) is 4.88. The Labute approximate surface area is 124 Å². The zero-order chi connectivity index (χ0) is 14.4. The zero-order valence-electron chi connectivity index (χ0n) is 12.1. The van der Waals surface area contributed by atoms with Gasteiger partial charge >= 0.3 is 0 Å². The second-order valence-electron chi connectivity index (χ2n) is 6.46. The van der Waals surface area contributed by atoms with Gasteiger partial charge in [-0.1, -0.05) is 12.5 Å². The molecule has 1 aromatic heterocycles. The van der Waals surface area contributed by atoms with E-state index in [0.29, 0.717) is 23.6 Å². The van der Waals surface area contributed by atoms with Gasteiger partial charge in [-0.2, -0.15) is 0 Å². The highest BCUT2D eigenvalue weighted by Crippen LogP contribution is 2.39. The van der Waals surface area contributed by atoms with Crippen molar-refractivity contribution >= 4 is 16.6 Å². The first-order chi connectivity index (χ1) is 10.2. The number of fused-ring (bicyclic) bond motifs is 2. The summed E-state index contributed by atoms with van der Waals surface area (Å²) >= 11 is 0. The van der Waals surface area contributed by atoms with Gasteiger partial charge in [-0.25, -0.2) is 4.98 Å². The Morgan fingerprint density at radius 2 is 2.10 bits per heavy atom. The predicted octanol–water partition coefficient (Wildman–Crippen LogP) is 2.50. The standard InChI is InChI=1S/C17H21N3O/c18-16-3-1-2-12-9-20(10-15(12)16)17-14-8-13(21)5-4-11(14)6-7-19-17/h4-8,12,15-16,21H,1-3,9-10,18H2. The van der Waals surface area contributed by atoms with Gasteiger partial charge in [0, 0.05) is 30.7 Å². The maximum absolute atomic E-state index is 9.78. The molecule has 2 aromatic rings. The second-order valence-corrected chi connectivity index (χ2v) is 6.46. The van der Waals surface area contributed by atoms with Gasteiger partial charge in [0.05, 0.1) is 0 Å². The number of nitrogens with zero attached hydrogens (tertiary/aromatic N) is 2. The van der Waals surface area contributed by atoms with E-state index >= 15 is 0 Å². The number of anilines is 1. The van der Waals surface area contributed by atoms with Crippen LogP contribution in [0.5, 0.6) is 5.75 Å². The van der Waals surface area contributed by atoms with Crippen LogP contribution in [0.4, 0.5) is 5.82 Å². The molecule has 0 amide bonds. The van der Waals surface area contributed by atoms with E-state index in [1.165, 1.54) is 12.8 Å². The third-order valence-corrected chi connectivity index (χ3v) is 5.18. The Kier molecular flexibility index (Phi) is 3.00. The fourth-order valence-electron chi connectivity index (χ4n) is 4.08. The van der Waals surface area contributed by atoms with Crippen LogP contribution in [0.1, 0.15) is 19.3 Å². The highest BCUT2D eigenvalue weighted by molar-refractivity contribution is 5.93. The van der Waals surface area contributed by atoms with Gasteiger partial charge in [-0.15, -0.1) is 0 Å². The van der Waals surface area contributed by atoms with E-state index < -0.39 is 0 Å². The third kappa shape index (κ3) is 2.14. The van der Waals surface area contributed by atoms with Gasteiger partial charge in [0.15, 0.2) is 0 Å². The molecule has 0 radical (unpaired) electrons. The topological polar surface area (TPSA) is 62.4 Å². The molecule has 2 aliphatic rings. The van der Waals surface area contributed by atoms with Crippen molar-refractivity contribution in [3.8, 4) is 5.75 Å². The third-order valence-electron chi connectivity index (χ3n) is 5.18. The van der Waals surface area contributed by atoms with E-state index in [2.05, 4.69) is 9.88 Å². The molecular formula is C17H21N3O. The average molecular weight is 283 g/mol. The van der Waals surface area contributed by atoms with Crippen LogP contribution in [0, 0.1) is 11.8 Å². The van der Waals surface area contributed by atoms with E-state index in [0.717, 1.165) is 36.1 Å². The number of hydrogen-bond acceptors (Lipinski definition) is 4. The Hall–Kier alpha value is -1.81. The molecule has 1 aromatic carbocycles. The lowest BCUT2D eigenvalue weighted by molar-refractivity contribution is 0.260. The zero-order valence-corrected chi connectivity index (χ0v) is 12.1. The summed E-state index contributed by atoms with van der Waals surface area (Å²) in [7, 11) is 0. The van der Waals surface area contributed by atoms with Crippen LogP contribution in [-0.4, -0.2) is 29.2 Å². The van der Waals surface area contributed by atoms with Crippen molar-refractivity contribution in [3.05, 3.63) is 30.5 Å². The van der Waals surface area contributed by atoms with Crippen LogP contribution in [-0.2, 0) is 0 Å². The molecular weight excluding hydrogens is 262 g/mol. The summed E-state index contributed by atoms with van der Waals surface area (Å²) < 4.78 is 0. The first-order valence-electron chi connectivity index (χ1n) is 7.80. The van der Waals surface area contributed by atoms with Gasteiger partial charge in [-0.05, 0) is 48.3 Å². The Morgan fingerprint density at radius 3 is 2.95 bits per heavy atom. The molecule has 2 heterocycles. The number of rotatable bonds is 1. The van der Waals surface area contributed by atoms with Gasteiger partial charge in [0.25, 0.3) is 0 Å². The largest absolute Gasteiger partial charge is 0.508 e. The van der Waals surface area contributed by atoms with Crippen molar-refractivity contribution < 1.29 is 5.11 Å². The lowest BCUT2D eigenvalue weighted by Gasteiger charge is -2.29. The molecule has 1 saturated heterocycles. The Balaban J connectivity index is 1.72. The first-order valence-corrected chi connectivity index (χ1v) is 7.80. The van der Waals surface area contributed by atoms with E-state index in [1.807, 2.05) is 24.4 Å². The van der Waals surface area contributed by atoms with Gasteiger partial charge < -0.3 is 15.7 Å². The number of aromatic hydroxyl groups is 1. The molecule has 2 fully saturated rings. The van der Waals surface area contributed by atoms with E-state index in [-0.39, 0.29) is 0 Å². The number of phenolic OH excluding ortho intramolecular Hbond substituents is 1. The van der Waals surface area contributed by atoms with E-state index in [9.17, 15) is 5.11 Å². The minimum absolute atomic E-state index is 0.296. The fourth-order valence-corrected chi connectivity index (χ4v) is 4.08. The van der Waals surface area contributed by atoms with Crippen molar-refractivity contribution in [1.29, 1.82) is 0 Å². The number of phenols is 1. The molecule has 1 aliphatic carbocycles. The van der Waals surface area contributed by atoms with E-state index in [1.54, 1.807) is 6.07 Å². The number of aromatic nitrogens is 1. The summed E-state index contributed by atoms with van der Waals surface area (Å²) in [6.07, 6.45) is 5.54. The monoisotopic (exact) mass is 283 g/mol. The van der Waals surface area contributed by atoms with Crippen LogP contribution in [0.25, 0.3) is 10.8 Å². The summed E-state index contributed by atoms with van der Waals surface area (Å²) in [5.41, 5.74) is 6.31. The Bertz CT molecular complexity index is 672. The Morgan fingerprint density at radius 1 is 1.19 bits per heavy atom. The maximum atomic E-state index is 9.78. The molecule has 3 N–H and O–H groups in total. The summed E-state index contributed by atoms with van der Waals surface area (Å²) in [5, 5.41) is 11.9. The van der Waals surface area contributed by atoms with Crippen LogP contribution in [0.2, 0.25) is 0 Å². The average Bonchev–Trinajstić information content (AvgIpc) is 2.92. The van der Waals surface area contributed by atoms with Gasteiger partial charge in [0.2, 0.25) is 0 Å². The van der Waals surface area contributed by atoms with Crippen LogP contribution in [0.3, 0.4) is 0 Å². The number of hydrogen-bond donors (Lipinski definition) is 2. The molecule has 4 rings (SSSR count). The number of benzene rings is 1. The summed E-state index contributed by atoms with van der Waals surface area (Å²) in [5.74, 6) is 2.58. The van der Waals surface area contributed by atoms with Crippen LogP contribution in [0.15, 0.2) is 30.5 Å². The molecule has 110 valence electrons. The van der Waals surface area contributed by atoms with Gasteiger partial charge in [-0.3, -0.25) is 0 Å². The van der Waals surface area contributed by atoms with Crippen molar-refractivity contribution in [2.45, 2.75) is 25.3 Å². The molecule has 21 heavy (non-hydrogen) atoms. The van der Waals surface area contributed by atoms with Crippen molar-refractivity contribution in [2.75, 3.05) is 18.0 Å². The molecule has 3 atom stereocenters. The highest BCUT2D eigenvalue weighted by Gasteiger charge is 2.39. The van der Waals surface area contributed by atoms with Crippen LogP contribution < -0.4 is 10.6 Å². The SMILES string of the molecule is NC1CCCC2CN(c3nccc4ccc(O)cc34)CC12. The first kappa shape index (κ1) is 12.9. The molecule has 0 spiro atoms. The maximum Gasteiger partial charge on any atom is 0.136 e. The normalized spacial score (nSPS) is 28.8. The fraction of sp³-hybridized carbons (Fsp3) is 0.471. The summed E-state index contributed by atoms with van der Waals surface area (Å²) in [4.78, 5) is 6.95. The number of pyridine rings is 1.